The van der Waals surface area contributed by atoms with E-state index in [9.17, 15) is 4.79 Å². The number of hydrogen-bond acceptors (Lipinski definition) is 3. The lowest BCUT2D eigenvalue weighted by Gasteiger charge is -2.21. The number of rotatable bonds is 3. The monoisotopic (exact) mass is 376 g/mol. The van der Waals surface area contributed by atoms with Gasteiger partial charge in [0.15, 0.2) is 0 Å². The zero-order valence-corrected chi connectivity index (χ0v) is 15.7. The number of carbonyl (C=O) groups is 1. The number of hydrogen-bond donors (Lipinski definition) is 0. The number of para-hydroxylation sites is 1. The minimum atomic E-state index is -0.0299. The summed E-state index contributed by atoms with van der Waals surface area (Å²) in [5.74, 6) is -0.0299. The first-order valence-electron chi connectivity index (χ1n) is 8.69. The minimum Gasteiger partial charge on any atom is -0.330 e. The summed E-state index contributed by atoms with van der Waals surface area (Å²) in [4.78, 5) is 14.9. The third-order valence-electron chi connectivity index (χ3n) is 4.74. The fourth-order valence-electron chi connectivity index (χ4n) is 3.36. The standard InChI is InChI=1S/C21H17ClN4O/c1-13(2)25-12-17-19(21(25)27)20(15-9-7-14(11-23)8-10-15)26(24-17)18-6-4-3-5-16(18)22/h3-10,13H,12H2,1-2H3. The smallest absolute Gasteiger partial charge is 0.258 e. The van der Waals surface area contributed by atoms with Gasteiger partial charge in [-0.1, -0.05) is 35.9 Å². The van der Waals surface area contributed by atoms with E-state index in [2.05, 4.69) is 6.07 Å². The average Bonchev–Trinajstić information content (AvgIpc) is 3.19. The molecule has 0 saturated heterocycles. The van der Waals surface area contributed by atoms with Crippen LogP contribution in [0.15, 0.2) is 48.5 Å². The van der Waals surface area contributed by atoms with Crippen molar-refractivity contribution in [2.45, 2.75) is 26.4 Å². The molecule has 27 heavy (non-hydrogen) atoms. The summed E-state index contributed by atoms with van der Waals surface area (Å²) in [5, 5.41) is 14.4. The van der Waals surface area contributed by atoms with Crippen molar-refractivity contribution < 1.29 is 4.79 Å². The number of fused-ring (bicyclic) bond motifs is 1. The zero-order chi connectivity index (χ0) is 19.1. The fraction of sp³-hybridized carbons (Fsp3) is 0.190. The van der Waals surface area contributed by atoms with E-state index in [0.29, 0.717) is 28.4 Å². The van der Waals surface area contributed by atoms with E-state index in [0.717, 1.165) is 16.9 Å². The second kappa shape index (κ2) is 6.57. The van der Waals surface area contributed by atoms with Crippen molar-refractivity contribution in [3.8, 4) is 23.0 Å². The third-order valence-corrected chi connectivity index (χ3v) is 5.06. The van der Waals surface area contributed by atoms with Gasteiger partial charge in [0.1, 0.15) is 0 Å². The van der Waals surface area contributed by atoms with Crippen LogP contribution in [0.5, 0.6) is 0 Å². The Labute approximate surface area is 162 Å². The van der Waals surface area contributed by atoms with Crippen molar-refractivity contribution in [2.75, 3.05) is 0 Å². The molecule has 134 valence electrons. The van der Waals surface area contributed by atoms with Gasteiger partial charge in [0, 0.05) is 11.6 Å². The molecule has 0 aliphatic carbocycles. The second-order valence-corrected chi connectivity index (χ2v) is 7.16. The van der Waals surface area contributed by atoms with Gasteiger partial charge in [-0.15, -0.1) is 0 Å². The topological polar surface area (TPSA) is 61.9 Å². The Bertz CT molecular complexity index is 1080. The van der Waals surface area contributed by atoms with E-state index in [1.54, 1.807) is 22.9 Å². The summed E-state index contributed by atoms with van der Waals surface area (Å²) < 4.78 is 1.74. The van der Waals surface area contributed by atoms with E-state index in [4.69, 9.17) is 22.0 Å². The van der Waals surface area contributed by atoms with Crippen LogP contribution in [0.25, 0.3) is 16.9 Å². The maximum Gasteiger partial charge on any atom is 0.258 e. The lowest BCUT2D eigenvalue weighted by atomic mass is 10.0. The van der Waals surface area contributed by atoms with E-state index in [1.807, 2.05) is 49.1 Å². The molecule has 2 heterocycles. The highest BCUT2D eigenvalue weighted by Crippen LogP contribution is 2.36. The van der Waals surface area contributed by atoms with Gasteiger partial charge in [0.25, 0.3) is 5.91 Å². The van der Waals surface area contributed by atoms with Gasteiger partial charge in [-0.2, -0.15) is 10.4 Å². The van der Waals surface area contributed by atoms with Gasteiger partial charge in [0.05, 0.1) is 45.8 Å². The van der Waals surface area contributed by atoms with Crippen LogP contribution in [0.3, 0.4) is 0 Å². The molecule has 0 spiro atoms. The Morgan fingerprint density at radius 3 is 2.48 bits per heavy atom. The largest absolute Gasteiger partial charge is 0.330 e. The van der Waals surface area contributed by atoms with Crippen molar-refractivity contribution in [3.05, 3.63) is 70.4 Å². The van der Waals surface area contributed by atoms with E-state index in [-0.39, 0.29) is 11.9 Å². The molecule has 1 aliphatic rings. The highest BCUT2D eigenvalue weighted by atomic mass is 35.5. The lowest BCUT2D eigenvalue weighted by Crippen LogP contribution is -2.31. The lowest BCUT2D eigenvalue weighted by molar-refractivity contribution is 0.0729. The van der Waals surface area contributed by atoms with Crippen LogP contribution >= 0.6 is 11.6 Å². The molecule has 1 aromatic heterocycles. The Hall–Kier alpha value is -3.10. The van der Waals surface area contributed by atoms with Crippen LogP contribution < -0.4 is 0 Å². The molecule has 5 nitrogen and oxygen atoms in total. The van der Waals surface area contributed by atoms with E-state index in [1.165, 1.54) is 0 Å². The van der Waals surface area contributed by atoms with Gasteiger partial charge in [0.2, 0.25) is 0 Å². The zero-order valence-electron chi connectivity index (χ0n) is 15.0. The molecule has 0 radical (unpaired) electrons. The summed E-state index contributed by atoms with van der Waals surface area (Å²) in [6, 6.07) is 16.8. The number of halogens is 1. The molecule has 0 bridgehead atoms. The molecule has 0 unspecified atom stereocenters. The normalized spacial score (nSPS) is 13.1. The van der Waals surface area contributed by atoms with Crippen molar-refractivity contribution in [1.82, 2.24) is 14.7 Å². The predicted octanol–water partition coefficient (Wildman–Crippen LogP) is 4.43. The van der Waals surface area contributed by atoms with E-state index < -0.39 is 0 Å². The SMILES string of the molecule is CC(C)N1Cc2nn(-c3ccccc3Cl)c(-c3ccc(C#N)cc3)c2C1=O. The number of nitriles is 1. The summed E-state index contributed by atoms with van der Waals surface area (Å²) in [7, 11) is 0. The predicted molar refractivity (Wildman–Crippen MR) is 104 cm³/mol. The fourth-order valence-corrected chi connectivity index (χ4v) is 3.58. The second-order valence-electron chi connectivity index (χ2n) is 6.75. The Kier molecular flexibility index (Phi) is 4.21. The van der Waals surface area contributed by atoms with Crippen LogP contribution in [0.2, 0.25) is 5.02 Å². The summed E-state index contributed by atoms with van der Waals surface area (Å²) in [6.45, 7) is 4.47. The molecule has 1 aliphatic heterocycles. The Balaban J connectivity index is 1.96. The molecule has 0 N–H and O–H groups in total. The first kappa shape index (κ1) is 17.3. The van der Waals surface area contributed by atoms with Gasteiger partial charge >= 0.3 is 0 Å². The molecular formula is C21H17ClN4O. The Morgan fingerprint density at radius 1 is 1.15 bits per heavy atom. The highest BCUT2D eigenvalue weighted by molar-refractivity contribution is 6.32. The van der Waals surface area contributed by atoms with Crippen LogP contribution in [0.1, 0.15) is 35.5 Å². The molecule has 0 saturated carbocycles. The Morgan fingerprint density at radius 2 is 1.85 bits per heavy atom. The maximum atomic E-state index is 13.1. The van der Waals surface area contributed by atoms with Crippen LogP contribution in [-0.4, -0.2) is 26.6 Å². The number of aromatic nitrogens is 2. The molecule has 0 fully saturated rings. The highest BCUT2D eigenvalue weighted by Gasteiger charge is 2.36. The minimum absolute atomic E-state index is 0.0299. The van der Waals surface area contributed by atoms with Gasteiger partial charge in [-0.3, -0.25) is 4.79 Å². The molecule has 6 heteroatoms. The van der Waals surface area contributed by atoms with Crippen molar-refractivity contribution >= 4 is 17.5 Å². The number of carbonyl (C=O) groups excluding carboxylic acids is 1. The molecule has 3 aromatic rings. The molecular weight excluding hydrogens is 360 g/mol. The van der Waals surface area contributed by atoms with Crippen molar-refractivity contribution in [3.63, 3.8) is 0 Å². The summed E-state index contributed by atoms with van der Waals surface area (Å²) >= 11 is 6.40. The third kappa shape index (κ3) is 2.79. The van der Waals surface area contributed by atoms with Crippen LogP contribution in [0.4, 0.5) is 0 Å². The summed E-state index contributed by atoms with van der Waals surface area (Å²) in [6.07, 6.45) is 0. The van der Waals surface area contributed by atoms with Crippen LogP contribution in [0, 0.1) is 11.3 Å². The van der Waals surface area contributed by atoms with Crippen LogP contribution in [-0.2, 0) is 6.54 Å². The first-order valence-corrected chi connectivity index (χ1v) is 9.07. The summed E-state index contributed by atoms with van der Waals surface area (Å²) in [5.41, 5.74) is 4.16. The average molecular weight is 377 g/mol. The van der Waals surface area contributed by atoms with Gasteiger partial charge in [-0.25, -0.2) is 4.68 Å². The molecule has 1 amide bonds. The van der Waals surface area contributed by atoms with Gasteiger partial charge in [-0.05, 0) is 38.1 Å². The molecule has 0 atom stereocenters. The number of nitrogens with zero attached hydrogens (tertiary/aromatic N) is 4. The van der Waals surface area contributed by atoms with E-state index >= 15 is 0 Å². The first-order chi connectivity index (χ1) is 13.0. The maximum absolute atomic E-state index is 13.1. The van der Waals surface area contributed by atoms with Crippen molar-refractivity contribution in [1.29, 1.82) is 5.26 Å². The number of benzene rings is 2. The molecule has 4 rings (SSSR count). The van der Waals surface area contributed by atoms with Gasteiger partial charge < -0.3 is 4.90 Å². The quantitative estimate of drug-likeness (QED) is 0.679. The number of amides is 1. The van der Waals surface area contributed by atoms with Crippen molar-refractivity contribution in [2.24, 2.45) is 0 Å². The molecule has 2 aromatic carbocycles.